The van der Waals surface area contributed by atoms with Crippen LogP contribution in [0.25, 0.3) is 10.2 Å². The Labute approximate surface area is 188 Å². The van der Waals surface area contributed by atoms with Gasteiger partial charge in [0.25, 0.3) is 0 Å². The number of hydrogen-bond acceptors (Lipinski definition) is 6. The van der Waals surface area contributed by atoms with Crippen LogP contribution in [0.1, 0.15) is 23.4 Å². The number of thiophene rings is 1. The maximum absolute atomic E-state index is 12.9. The Balaban J connectivity index is 1.30. The van der Waals surface area contributed by atoms with Gasteiger partial charge in [-0.05, 0) is 43.5 Å². The molecule has 0 bridgehead atoms. The quantitative estimate of drug-likeness (QED) is 0.602. The summed E-state index contributed by atoms with van der Waals surface area (Å²) in [6.45, 7) is 4.32. The van der Waals surface area contributed by atoms with Crippen LogP contribution < -0.4 is 4.90 Å². The number of aromatic nitrogens is 3. The van der Waals surface area contributed by atoms with Gasteiger partial charge in [0, 0.05) is 49.0 Å². The third-order valence-corrected chi connectivity index (χ3v) is 7.66. The molecule has 10 heteroatoms. The van der Waals surface area contributed by atoms with Crippen molar-refractivity contribution in [1.82, 2.24) is 19.4 Å². The number of aliphatic hydroxyl groups excluding tert-OH is 1. The summed E-state index contributed by atoms with van der Waals surface area (Å²) in [4.78, 5) is 14.3. The molecular formula is C22H26F3N5OS. The Hall–Kier alpha value is -2.17. The van der Waals surface area contributed by atoms with Gasteiger partial charge in [-0.2, -0.15) is 13.2 Å². The second-order valence-corrected chi connectivity index (χ2v) is 9.77. The molecule has 2 atom stereocenters. The van der Waals surface area contributed by atoms with Crippen LogP contribution in [0.15, 0.2) is 30.7 Å². The molecule has 2 fully saturated rings. The van der Waals surface area contributed by atoms with Gasteiger partial charge >= 0.3 is 6.18 Å². The highest BCUT2D eigenvalue weighted by molar-refractivity contribution is 7.18. The van der Waals surface area contributed by atoms with Crippen molar-refractivity contribution in [2.75, 3.05) is 31.1 Å². The van der Waals surface area contributed by atoms with E-state index in [1.165, 1.54) is 12.0 Å². The molecule has 6 nitrogen and oxygen atoms in total. The molecule has 1 N–H and O–H groups in total. The first kappa shape index (κ1) is 21.7. The Morgan fingerprint density at radius 2 is 2.06 bits per heavy atom. The van der Waals surface area contributed by atoms with E-state index in [2.05, 4.69) is 30.4 Å². The van der Waals surface area contributed by atoms with Crippen molar-refractivity contribution < 1.29 is 18.3 Å². The molecule has 32 heavy (non-hydrogen) atoms. The summed E-state index contributed by atoms with van der Waals surface area (Å²) in [5, 5.41) is 10.0. The number of piperidine rings is 1. The Morgan fingerprint density at radius 1 is 1.19 bits per heavy atom. The third kappa shape index (κ3) is 4.35. The van der Waals surface area contributed by atoms with Crippen LogP contribution in [-0.2, 0) is 19.5 Å². The zero-order valence-electron chi connectivity index (χ0n) is 17.6. The number of alkyl halides is 3. The third-order valence-electron chi connectivity index (χ3n) is 6.61. The number of aliphatic hydroxyl groups is 1. The smallest absolute Gasteiger partial charge is 0.393 e. The van der Waals surface area contributed by atoms with Gasteiger partial charge in [0.15, 0.2) is 0 Å². The molecule has 3 aromatic heterocycles. The van der Waals surface area contributed by atoms with Crippen molar-refractivity contribution >= 4 is 27.4 Å². The minimum atomic E-state index is -4.23. The van der Waals surface area contributed by atoms with Crippen LogP contribution in [0.3, 0.4) is 0 Å². The molecule has 2 unspecified atom stereocenters. The summed E-state index contributed by atoms with van der Waals surface area (Å²) in [5.74, 6) is 1.26. The molecule has 2 aliphatic rings. The number of hydrogen-bond donors (Lipinski definition) is 1. The normalized spacial score (nSPS) is 22.1. The average molecular weight is 466 g/mol. The lowest BCUT2D eigenvalue weighted by Crippen LogP contribution is -2.46. The first-order chi connectivity index (χ1) is 15.4. The molecule has 0 saturated carbocycles. The van der Waals surface area contributed by atoms with E-state index in [0.717, 1.165) is 61.6 Å². The molecule has 0 aromatic carbocycles. The van der Waals surface area contributed by atoms with Crippen molar-refractivity contribution in [3.05, 3.63) is 41.3 Å². The SMILES string of the molecule is OCCn1cccc1CN1CCC2CN(c3ncnc4sc(CC(F)(F)F)cc34)CCC21. The summed E-state index contributed by atoms with van der Waals surface area (Å²) in [6.07, 6.45) is 0.418. The van der Waals surface area contributed by atoms with Crippen molar-refractivity contribution in [2.45, 2.75) is 44.6 Å². The number of anilines is 1. The summed E-state index contributed by atoms with van der Waals surface area (Å²) >= 11 is 1.10. The largest absolute Gasteiger partial charge is 0.395 e. The number of nitrogens with zero attached hydrogens (tertiary/aromatic N) is 5. The Bertz CT molecular complexity index is 1080. The lowest BCUT2D eigenvalue weighted by Gasteiger charge is -2.38. The van der Waals surface area contributed by atoms with Gasteiger partial charge < -0.3 is 14.6 Å². The molecule has 172 valence electrons. The van der Waals surface area contributed by atoms with E-state index in [0.29, 0.717) is 23.3 Å². The average Bonchev–Trinajstić information content (AvgIpc) is 3.45. The van der Waals surface area contributed by atoms with Crippen LogP contribution in [0.5, 0.6) is 0 Å². The topological polar surface area (TPSA) is 57.4 Å². The summed E-state index contributed by atoms with van der Waals surface area (Å²) in [7, 11) is 0. The summed E-state index contributed by atoms with van der Waals surface area (Å²) in [5.41, 5.74) is 1.22. The van der Waals surface area contributed by atoms with Gasteiger partial charge in [0.2, 0.25) is 0 Å². The van der Waals surface area contributed by atoms with Gasteiger partial charge in [0.05, 0.1) is 18.4 Å². The van der Waals surface area contributed by atoms with E-state index in [4.69, 9.17) is 0 Å². The highest BCUT2D eigenvalue weighted by atomic mass is 32.1. The zero-order valence-corrected chi connectivity index (χ0v) is 18.4. The Morgan fingerprint density at radius 3 is 2.88 bits per heavy atom. The molecule has 0 radical (unpaired) electrons. The van der Waals surface area contributed by atoms with E-state index in [1.807, 2.05) is 12.3 Å². The predicted octanol–water partition coefficient (Wildman–Crippen LogP) is 3.69. The van der Waals surface area contributed by atoms with Crippen molar-refractivity contribution in [2.24, 2.45) is 5.92 Å². The van der Waals surface area contributed by atoms with Crippen LogP contribution in [0, 0.1) is 5.92 Å². The lowest BCUT2D eigenvalue weighted by atomic mass is 9.92. The molecule has 5 heterocycles. The van der Waals surface area contributed by atoms with Crippen molar-refractivity contribution in [3.8, 4) is 0 Å². The molecule has 0 spiro atoms. The lowest BCUT2D eigenvalue weighted by molar-refractivity contribution is -0.126. The fraction of sp³-hybridized carbons (Fsp3) is 0.545. The van der Waals surface area contributed by atoms with Crippen LogP contribution >= 0.6 is 11.3 Å². The minimum Gasteiger partial charge on any atom is -0.395 e. The van der Waals surface area contributed by atoms with Gasteiger partial charge in [-0.15, -0.1) is 11.3 Å². The standard InChI is InChI=1S/C22H26F3N5OS/c23-22(24,25)11-17-10-18-20(26-14-27-21(18)32-17)30-7-4-19-15(12-30)3-6-29(19)13-16-2-1-5-28(16)8-9-31/h1-2,5,10,14-15,19,31H,3-4,6-9,11-13H2. The van der Waals surface area contributed by atoms with E-state index in [-0.39, 0.29) is 11.5 Å². The van der Waals surface area contributed by atoms with Crippen LogP contribution in [0.4, 0.5) is 19.0 Å². The van der Waals surface area contributed by atoms with E-state index in [9.17, 15) is 18.3 Å². The first-order valence-corrected chi connectivity index (χ1v) is 11.8. The number of halogens is 3. The summed E-state index contributed by atoms with van der Waals surface area (Å²) < 4.78 is 40.7. The predicted molar refractivity (Wildman–Crippen MR) is 118 cm³/mol. The second kappa shape index (κ2) is 8.64. The highest BCUT2D eigenvalue weighted by Crippen LogP contribution is 2.38. The molecule has 2 aliphatic heterocycles. The fourth-order valence-corrected chi connectivity index (χ4v) is 6.25. The minimum absolute atomic E-state index is 0.128. The van der Waals surface area contributed by atoms with E-state index < -0.39 is 12.6 Å². The van der Waals surface area contributed by atoms with Crippen LogP contribution in [-0.4, -0.2) is 63.0 Å². The maximum Gasteiger partial charge on any atom is 0.393 e. The molecule has 5 rings (SSSR count). The van der Waals surface area contributed by atoms with Crippen LogP contribution in [0.2, 0.25) is 0 Å². The monoisotopic (exact) mass is 465 g/mol. The first-order valence-electron chi connectivity index (χ1n) is 11.0. The van der Waals surface area contributed by atoms with E-state index >= 15 is 0 Å². The van der Waals surface area contributed by atoms with Gasteiger partial charge in [-0.3, -0.25) is 4.90 Å². The molecule has 2 saturated heterocycles. The molecule has 0 amide bonds. The number of rotatable bonds is 6. The molecular weight excluding hydrogens is 439 g/mol. The van der Waals surface area contributed by atoms with Crippen molar-refractivity contribution in [1.29, 1.82) is 0 Å². The van der Waals surface area contributed by atoms with E-state index in [1.54, 1.807) is 6.07 Å². The van der Waals surface area contributed by atoms with Gasteiger partial charge in [-0.25, -0.2) is 9.97 Å². The van der Waals surface area contributed by atoms with Crippen molar-refractivity contribution in [3.63, 3.8) is 0 Å². The van der Waals surface area contributed by atoms with Gasteiger partial charge in [-0.1, -0.05) is 0 Å². The number of fused-ring (bicyclic) bond motifs is 2. The highest BCUT2D eigenvalue weighted by Gasteiger charge is 2.39. The zero-order chi connectivity index (χ0) is 22.3. The molecule has 3 aromatic rings. The Kier molecular flexibility index (Phi) is 5.85. The molecule has 0 aliphatic carbocycles. The summed E-state index contributed by atoms with van der Waals surface area (Å²) in [6, 6.07) is 6.25. The second-order valence-electron chi connectivity index (χ2n) is 8.66. The maximum atomic E-state index is 12.9. The van der Waals surface area contributed by atoms with Gasteiger partial charge in [0.1, 0.15) is 17.0 Å². The fourth-order valence-electron chi connectivity index (χ4n) is 5.23. The number of likely N-dealkylation sites (tertiary alicyclic amines) is 1.